The second-order valence-electron chi connectivity index (χ2n) is 10.2. The molecule has 3 N–H and O–H groups in total. The van der Waals surface area contributed by atoms with E-state index in [4.69, 9.17) is 11.6 Å². The van der Waals surface area contributed by atoms with Crippen molar-refractivity contribution in [1.82, 2.24) is 25.4 Å². The Morgan fingerprint density at radius 2 is 1.95 bits per heavy atom. The third-order valence-corrected chi connectivity index (χ3v) is 7.93. The molecule has 0 spiro atoms. The number of nitrogens with zero attached hydrogens (tertiary/aromatic N) is 4. The summed E-state index contributed by atoms with van der Waals surface area (Å²) in [5, 5.41) is 18.4. The van der Waals surface area contributed by atoms with E-state index in [0.717, 1.165) is 25.9 Å². The Kier molecular flexibility index (Phi) is 8.13. The van der Waals surface area contributed by atoms with Crippen molar-refractivity contribution in [2.24, 2.45) is 11.8 Å². The Morgan fingerprint density at radius 1 is 1.13 bits per heavy atom. The van der Waals surface area contributed by atoms with Gasteiger partial charge in [0.05, 0.1) is 11.4 Å². The van der Waals surface area contributed by atoms with Gasteiger partial charge in [0.25, 0.3) is 0 Å². The molecule has 200 valence electrons. The zero-order valence-electron chi connectivity index (χ0n) is 21.3. The molecule has 1 aliphatic carbocycles. The molecule has 2 aromatic heterocycles. The number of amides is 1. The van der Waals surface area contributed by atoms with Crippen LogP contribution in [0.1, 0.15) is 26.2 Å². The number of pyridine rings is 1. The lowest BCUT2D eigenvalue weighted by atomic mass is 9.77. The minimum absolute atomic E-state index is 0.0136. The van der Waals surface area contributed by atoms with E-state index in [9.17, 15) is 9.18 Å². The zero-order valence-corrected chi connectivity index (χ0v) is 22.9. The van der Waals surface area contributed by atoms with Crippen LogP contribution in [0, 0.1) is 17.7 Å². The normalized spacial score (nSPS) is 23.5. The predicted octanol–water partition coefficient (Wildman–Crippen LogP) is 5.01. The molecule has 3 aromatic rings. The van der Waals surface area contributed by atoms with Crippen LogP contribution in [-0.4, -0.2) is 58.2 Å². The van der Waals surface area contributed by atoms with Crippen LogP contribution in [0.4, 0.5) is 21.6 Å². The van der Waals surface area contributed by atoms with Crippen molar-refractivity contribution >= 4 is 47.3 Å². The van der Waals surface area contributed by atoms with Crippen molar-refractivity contribution in [3.63, 3.8) is 0 Å². The molecule has 1 aliphatic heterocycles. The topological polar surface area (TPSA) is 95.1 Å². The third kappa shape index (κ3) is 6.09. The maximum atomic E-state index is 14.3. The highest BCUT2D eigenvalue weighted by atomic mass is 35.5. The number of benzene rings is 1. The van der Waals surface area contributed by atoms with Gasteiger partial charge in [-0.25, -0.2) is 9.37 Å². The van der Waals surface area contributed by atoms with Crippen LogP contribution in [0.25, 0.3) is 11.3 Å². The molecule has 1 saturated heterocycles. The van der Waals surface area contributed by atoms with Crippen LogP contribution >= 0.6 is 24.2 Å². The number of thiol groups is 1. The van der Waals surface area contributed by atoms with Gasteiger partial charge in [-0.05, 0) is 62.6 Å². The average Bonchev–Trinajstić information content (AvgIpc) is 2.86. The number of aromatic nitrogens is 3. The van der Waals surface area contributed by atoms with E-state index in [1.807, 2.05) is 7.05 Å². The standard InChI is InChI=1S/C27H31ClFN7OS/c1-15-7-19(30-2)14-36(13-15)20-8-16(9-20)26(37)33-25-11-18(5-6-31-25)32-24-12-23(34-35-27(24)38)21-10-17(28)3-4-22(21)29/h3-6,10-12,15-16,19-20,30H,7-9,13-14H2,1-2H3,(H,35,38)(H2,31,32,33,34,37). The molecule has 2 atom stereocenters. The minimum Gasteiger partial charge on any atom is -0.353 e. The van der Waals surface area contributed by atoms with Crippen molar-refractivity contribution in [1.29, 1.82) is 0 Å². The maximum Gasteiger partial charge on any atom is 0.228 e. The summed E-state index contributed by atoms with van der Waals surface area (Å²) >= 11 is 10.4. The molecule has 11 heteroatoms. The Labute approximate surface area is 232 Å². The van der Waals surface area contributed by atoms with Crippen LogP contribution in [0.15, 0.2) is 47.6 Å². The lowest BCUT2D eigenvalue weighted by Gasteiger charge is -2.47. The van der Waals surface area contributed by atoms with Crippen molar-refractivity contribution in [2.45, 2.75) is 43.3 Å². The fourth-order valence-corrected chi connectivity index (χ4v) is 5.60. The highest BCUT2D eigenvalue weighted by Crippen LogP contribution is 2.35. The van der Waals surface area contributed by atoms with Crippen molar-refractivity contribution in [2.75, 3.05) is 30.8 Å². The first-order chi connectivity index (χ1) is 18.3. The largest absolute Gasteiger partial charge is 0.353 e. The molecule has 2 unspecified atom stereocenters. The second kappa shape index (κ2) is 11.5. The second-order valence-corrected chi connectivity index (χ2v) is 11.1. The number of likely N-dealkylation sites (N-methyl/N-ethyl adjacent to an activating group) is 1. The quantitative estimate of drug-likeness (QED) is 0.304. The number of nitrogens with one attached hydrogen (secondary N) is 3. The average molecular weight is 556 g/mol. The van der Waals surface area contributed by atoms with Gasteiger partial charge in [0.1, 0.15) is 16.7 Å². The summed E-state index contributed by atoms with van der Waals surface area (Å²) in [5.74, 6) is 0.620. The monoisotopic (exact) mass is 555 g/mol. The first kappa shape index (κ1) is 26.8. The molecule has 38 heavy (non-hydrogen) atoms. The van der Waals surface area contributed by atoms with Crippen LogP contribution in [-0.2, 0) is 4.79 Å². The van der Waals surface area contributed by atoms with E-state index in [2.05, 4.69) is 55.6 Å². The van der Waals surface area contributed by atoms with Crippen molar-refractivity contribution in [3.05, 3.63) is 53.4 Å². The number of halogens is 2. The molecule has 1 amide bonds. The summed E-state index contributed by atoms with van der Waals surface area (Å²) < 4.78 is 14.3. The summed E-state index contributed by atoms with van der Waals surface area (Å²) in [6, 6.07) is 10.4. The van der Waals surface area contributed by atoms with E-state index >= 15 is 0 Å². The maximum absolute atomic E-state index is 14.3. The first-order valence-electron chi connectivity index (χ1n) is 12.8. The third-order valence-electron chi connectivity index (χ3n) is 7.37. The van der Waals surface area contributed by atoms with Gasteiger partial charge in [-0.1, -0.05) is 18.5 Å². The Balaban J connectivity index is 1.21. The van der Waals surface area contributed by atoms with Crippen LogP contribution < -0.4 is 16.0 Å². The van der Waals surface area contributed by atoms with Crippen LogP contribution in [0.2, 0.25) is 5.02 Å². The number of piperidine rings is 1. The molecule has 3 heterocycles. The SMILES string of the molecule is CNC1CC(C)CN(C2CC(C(=O)Nc3cc(Nc4cc(-c5cc(Cl)ccc5F)nnc4S)ccn3)C2)C1. The van der Waals surface area contributed by atoms with Gasteiger partial charge in [-0.15, -0.1) is 22.8 Å². The molecule has 2 fully saturated rings. The molecule has 1 aromatic carbocycles. The van der Waals surface area contributed by atoms with Crippen molar-refractivity contribution < 1.29 is 9.18 Å². The highest BCUT2D eigenvalue weighted by molar-refractivity contribution is 7.80. The smallest absolute Gasteiger partial charge is 0.228 e. The Morgan fingerprint density at radius 3 is 2.74 bits per heavy atom. The number of hydrogen-bond donors (Lipinski definition) is 4. The van der Waals surface area contributed by atoms with Crippen LogP contribution in [0.3, 0.4) is 0 Å². The molecule has 2 aliphatic rings. The van der Waals surface area contributed by atoms with E-state index in [1.54, 1.807) is 24.4 Å². The Hall–Kier alpha value is -2.79. The van der Waals surface area contributed by atoms with Crippen LogP contribution in [0.5, 0.6) is 0 Å². The van der Waals surface area contributed by atoms with E-state index in [0.29, 0.717) is 50.9 Å². The number of carbonyl (C=O) groups is 1. The zero-order chi connectivity index (χ0) is 26.8. The lowest BCUT2D eigenvalue weighted by molar-refractivity contribution is -0.125. The van der Waals surface area contributed by atoms with E-state index < -0.39 is 5.82 Å². The summed E-state index contributed by atoms with van der Waals surface area (Å²) in [5.41, 5.74) is 1.75. The summed E-state index contributed by atoms with van der Waals surface area (Å²) in [7, 11) is 2.02. The van der Waals surface area contributed by atoms with Gasteiger partial charge < -0.3 is 16.0 Å². The molecular formula is C27H31ClFN7OS. The van der Waals surface area contributed by atoms with Gasteiger partial charge in [0.15, 0.2) is 0 Å². The lowest BCUT2D eigenvalue weighted by Crippen LogP contribution is -2.56. The van der Waals surface area contributed by atoms with Gasteiger partial charge in [-0.3, -0.25) is 9.69 Å². The molecule has 5 rings (SSSR count). The van der Waals surface area contributed by atoms with Gasteiger partial charge in [-0.2, -0.15) is 0 Å². The molecular weight excluding hydrogens is 525 g/mol. The molecule has 1 saturated carbocycles. The summed E-state index contributed by atoms with van der Waals surface area (Å²) in [6.07, 6.45) is 4.53. The minimum atomic E-state index is -0.453. The highest BCUT2D eigenvalue weighted by Gasteiger charge is 2.40. The Bertz CT molecular complexity index is 1320. The van der Waals surface area contributed by atoms with Gasteiger partial charge >= 0.3 is 0 Å². The number of anilines is 3. The fraction of sp³-hybridized carbons (Fsp3) is 0.407. The number of rotatable bonds is 7. The van der Waals surface area contributed by atoms with E-state index in [-0.39, 0.29) is 17.4 Å². The van der Waals surface area contributed by atoms with Gasteiger partial charge in [0.2, 0.25) is 5.91 Å². The van der Waals surface area contributed by atoms with Crippen molar-refractivity contribution in [3.8, 4) is 11.3 Å². The van der Waals surface area contributed by atoms with E-state index in [1.165, 1.54) is 24.6 Å². The molecule has 0 radical (unpaired) electrons. The summed E-state index contributed by atoms with van der Waals surface area (Å²) in [6.45, 7) is 4.42. The first-order valence-corrected chi connectivity index (χ1v) is 13.6. The number of likely N-dealkylation sites (tertiary alicyclic amines) is 1. The summed E-state index contributed by atoms with van der Waals surface area (Å²) in [4.78, 5) is 19.8. The predicted molar refractivity (Wildman–Crippen MR) is 151 cm³/mol. The molecule has 8 nitrogen and oxygen atoms in total. The number of hydrogen-bond acceptors (Lipinski definition) is 8. The van der Waals surface area contributed by atoms with Gasteiger partial charge in [0, 0.05) is 59.6 Å². The fourth-order valence-electron chi connectivity index (χ4n) is 5.26. The number of carbonyl (C=O) groups excluding carboxylic acids is 1. The molecule has 0 bridgehead atoms.